The van der Waals surface area contributed by atoms with Gasteiger partial charge in [0.05, 0.1) is 0 Å². The van der Waals surface area contributed by atoms with Crippen LogP contribution in [0, 0.1) is 40.9 Å². The van der Waals surface area contributed by atoms with E-state index in [1.807, 2.05) is 0 Å². The van der Waals surface area contributed by atoms with Gasteiger partial charge in [0.1, 0.15) is 0 Å². The molecule has 7 unspecified atom stereocenters. The highest BCUT2D eigenvalue weighted by Gasteiger charge is 2.67. The normalized spacial score (nSPS) is 48.6. The van der Waals surface area contributed by atoms with E-state index >= 15 is 0 Å². The maximum atomic E-state index is 2.71. The summed E-state index contributed by atoms with van der Waals surface area (Å²) in [6.45, 7) is 7.72. The van der Waals surface area contributed by atoms with Crippen LogP contribution in [0.25, 0.3) is 0 Å². The van der Waals surface area contributed by atoms with Crippen molar-refractivity contribution in [2.45, 2.75) is 78.6 Å². The largest absolute Gasteiger partial charge is 0.244 e. The predicted molar refractivity (Wildman–Crippen MR) is 110 cm³/mol. The number of hydrogen-bond donors (Lipinski definition) is 0. The molecular formula is C23H42S. The van der Waals surface area contributed by atoms with E-state index in [4.69, 9.17) is 0 Å². The van der Waals surface area contributed by atoms with Gasteiger partial charge in [-0.1, -0.05) is 46.5 Å². The lowest BCUT2D eigenvalue weighted by atomic mass is 9.81. The van der Waals surface area contributed by atoms with Crippen LogP contribution in [0.5, 0.6) is 0 Å². The fourth-order valence-electron chi connectivity index (χ4n) is 7.11. The van der Waals surface area contributed by atoms with Gasteiger partial charge in [0.15, 0.2) is 0 Å². The minimum atomic E-state index is -0.121. The zero-order valence-corrected chi connectivity index (χ0v) is 17.7. The fourth-order valence-corrected chi connectivity index (χ4v) is 9.66. The van der Waals surface area contributed by atoms with E-state index in [0.717, 1.165) is 35.5 Å². The standard InChI is InChI=1S/C23H42S/c1-5-17(2)23(3)21(12-8-13-24(4)14-9-15-24)22(23)19-11-7-6-10-18-16-20(18)19/h17-22H,5-16H2,1-4H3. The molecule has 140 valence electrons. The van der Waals surface area contributed by atoms with Crippen molar-refractivity contribution in [2.24, 2.45) is 40.9 Å². The number of rotatable bonds is 7. The quantitative estimate of drug-likeness (QED) is 0.477. The molecule has 0 amide bonds. The van der Waals surface area contributed by atoms with Gasteiger partial charge in [-0.25, -0.2) is 10.0 Å². The topological polar surface area (TPSA) is 0 Å². The highest BCUT2D eigenvalue weighted by atomic mass is 32.3. The molecule has 0 nitrogen and oxygen atoms in total. The number of fused-ring (bicyclic) bond motifs is 1. The van der Waals surface area contributed by atoms with Crippen LogP contribution in [-0.4, -0.2) is 23.5 Å². The molecule has 4 fully saturated rings. The van der Waals surface area contributed by atoms with Crippen LogP contribution in [0.15, 0.2) is 0 Å². The third kappa shape index (κ3) is 2.99. The molecule has 0 spiro atoms. The maximum absolute atomic E-state index is 2.71. The van der Waals surface area contributed by atoms with Gasteiger partial charge in [-0.3, -0.25) is 0 Å². The summed E-state index contributed by atoms with van der Waals surface area (Å²) in [7, 11) is -0.121. The Bertz CT molecular complexity index is 453. The molecule has 0 N–H and O–H groups in total. The van der Waals surface area contributed by atoms with Gasteiger partial charge in [-0.05, 0) is 96.5 Å². The van der Waals surface area contributed by atoms with Gasteiger partial charge in [-0.15, -0.1) is 0 Å². The average molecular weight is 351 g/mol. The van der Waals surface area contributed by atoms with Crippen molar-refractivity contribution in [1.29, 1.82) is 0 Å². The van der Waals surface area contributed by atoms with Crippen LogP contribution >= 0.6 is 10.0 Å². The molecular weight excluding hydrogens is 308 g/mol. The first kappa shape index (κ1) is 17.7. The molecule has 0 aromatic heterocycles. The van der Waals surface area contributed by atoms with Crippen LogP contribution in [0.1, 0.15) is 78.6 Å². The van der Waals surface area contributed by atoms with E-state index in [-0.39, 0.29) is 10.0 Å². The summed E-state index contributed by atoms with van der Waals surface area (Å²) >= 11 is 0. The van der Waals surface area contributed by atoms with Crippen molar-refractivity contribution in [1.82, 2.24) is 0 Å². The Morgan fingerprint density at radius 2 is 1.83 bits per heavy atom. The molecule has 0 aromatic carbocycles. The Labute approximate surface area is 153 Å². The van der Waals surface area contributed by atoms with E-state index in [9.17, 15) is 0 Å². The minimum Gasteiger partial charge on any atom is -0.244 e. The number of hydrogen-bond acceptors (Lipinski definition) is 0. The monoisotopic (exact) mass is 350 g/mol. The van der Waals surface area contributed by atoms with E-state index < -0.39 is 0 Å². The molecule has 3 saturated carbocycles. The van der Waals surface area contributed by atoms with Crippen molar-refractivity contribution in [3.05, 3.63) is 0 Å². The molecule has 0 radical (unpaired) electrons. The Kier molecular flexibility index (Phi) is 4.81. The summed E-state index contributed by atoms with van der Waals surface area (Å²) in [5.74, 6) is 11.3. The summed E-state index contributed by atoms with van der Waals surface area (Å²) in [6, 6.07) is 0. The molecule has 7 atom stereocenters. The summed E-state index contributed by atoms with van der Waals surface area (Å²) in [5, 5.41) is 0. The van der Waals surface area contributed by atoms with Gasteiger partial charge in [-0.2, -0.15) is 0 Å². The molecule has 1 heterocycles. The Morgan fingerprint density at radius 3 is 2.50 bits per heavy atom. The first-order valence-corrected chi connectivity index (χ1v) is 13.8. The zero-order chi connectivity index (χ0) is 16.9. The van der Waals surface area contributed by atoms with Crippen molar-refractivity contribution in [3.8, 4) is 0 Å². The van der Waals surface area contributed by atoms with Crippen molar-refractivity contribution in [3.63, 3.8) is 0 Å². The van der Waals surface area contributed by atoms with Gasteiger partial charge in [0, 0.05) is 0 Å². The van der Waals surface area contributed by atoms with Crippen LogP contribution in [0.3, 0.4) is 0 Å². The predicted octanol–water partition coefficient (Wildman–Crippen LogP) is 6.73. The lowest BCUT2D eigenvalue weighted by Gasteiger charge is -2.44. The highest BCUT2D eigenvalue weighted by molar-refractivity contribution is 8.34. The second kappa shape index (κ2) is 6.50. The van der Waals surface area contributed by atoms with Gasteiger partial charge < -0.3 is 0 Å². The second-order valence-corrected chi connectivity index (χ2v) is 14.7. The smallest absolute Gasteiger partial charge is 0.0223 e. The third-order valence-electron chi connectivity index (χ3n) is 9.29. The summed E-state index contributed by atoms with van der Waals surface area (Å²) in [6.07, 6.45) is 16.5. The Morgan fingerprint density at radius 1 is 1.08 bits per heavy atom. The van der Waals surface area contributed by atoms with Crippen LogP contribution < -0.4 is 0 Å². The van der Waals surface area contributed by atoms with E-state index in [2.05, 4.69) is 27.0 Å². The molecule has 0 aromatic rings. The van der Waals surface area contributed by atoms with Crippen molar-refractivity contribution < 1.29 is 0 Å². The van der Waals surface area contributed by atoms with E-state index in [1.54, 1.807) is 55.8 Å². The Hall–Kier alpha value is 0.350. The van der Waals surface area contributed by atoms with Crippen molar-refractivity contribution >= 4 is 10.0 Å². The molecule has 4 aliphatic rings. The lowest BCUT2D eigenvalue weighted by molar-refractivity contribution is 0.250. The fraction of sp³-hybridized carbons (Fsp3) is 1.00. The average Bonchev–Trinajstić information content (AvgIpc) is 3.41. The summed E-state index contributed by atoms with van der Waals surface area (Å²) in [5.41, 5.74) is 0.701. The summed E-state index contributed by atoms with van der Waals surface area (Å²) < 4.78 is 0. The van der Waals surface area contributed by atoms with Gasteiger partial charge in [0.25, 0.3) is 0 Å². The molecule has 0 bridgehead atoms. The molecule has 3 aliphatic carbocycles. The van der Waals surface area contributed by atoms with Crippen LogP contribution in [-0.2, 0) is 0 Å². The second-order valence-electron chi connectivity index (χ2n) is 10.5. The molecule has 24 heavy (non-hydrogen) atoms. The SMILES string of the molecule is CCC(C)C1(C)C(CCCS2(C)CCC2)C1C1CCCCC2CC21. The molecule has 1 aliphatic heterocycles. The van der Waals surface area contributed by atoms with Crippen molar-refractivity contribution in [2.75, 3.05) is 23.5 Å². The summed E-state index contributed by atoms with van der Waals surface area (Å²) in [4.78, 5) is 0. The highest BCUT2D eigenvalue weighted by Crippen LogP contribution is 2.73. The van der Waals surface area contributed by atoms with Crippen LogP contribution in [0.2, 0.25) is 0 Å². The van der Waals surface area contributed by atoms with E-state index in [1.165, 1.54) is 19.3 Å². The van der Waals surface area contributed by atoms with Gasteiger partial charge >= 0.3 is 0 Å². The van der Waals surface area contributed by atoms with E-state index in [0.29, 0.717) is 5.41 Å². The first-order chi connectivity index (χ1) is 11.5. The maximum Gasteiger partial charge on any atom is -0.0223 e. The Balaban J connectivity index is 1.40. The van der Waals surface area contributed by atoms with Crippen LogP contribution in [0.4, 0.5) is 0 Å². The third-order valence-corrected chi connectivity index (χ3v) is 13.1. The molecule has 1 saturated heterocycles. The lowest BCUT2D eigenvalue weighted by Crippen LogP contribution is -2.23. The minimum absolute atomic E-state index is 0.121. The molecule has 1 heteroatoms. The zero-order valence-electron chi connectivity index (χ0n) is 16.9. The first-order valence-electron chi connectivity index (χ1n) is 11.2. The van der Waals surface area contributed by atoms with Gasteiger partial charge in [0.2, 0.25) is 0 Å². The molecule has 4 rings (SSSR count).